The molecule has 0 aliphatic heterocycles. The van der Waals surface area contributed by atoms with Crippen LogP contribution >= 0.6 is 45.1 Å². The van der Waals surface area contributed by atoms with Crippen molar-refractivity contribution >= 4 is 73.9 Å². The maximum atomic E-state index is 12.4. The predicted octanol–water partition coefficient (Wildman–Crippen LogP) is 4.58. The monoisotopic (exact) mass is 492 g/mol. The molecule has 150 valence electrons. The summed E-state index contributed by atoms with van der Waals surface area (Å²) >= 11 is 2.32. The number of rotatable bonds is 4. The van der Waals surface area contributed by atoms with Gasteiger partial charge in [0.2, 0.25) is 0 Å². The minimum atomic E-state index is -3.84. The quantitative estimate of drug-likeness (QED) is 0.348. The van der Waals surface area contributed by atoms with Gasteiger partial charge in [0.05, 0.1) is 9.79 Å². The van der Waals surface area contributed by atoms with E-state index in [1.807, 2.05) is 0 Å². The lowest BCUT2D eigenvalue weighted by atomic mass is 10.4. The Morgan fingerprint density at radius 2 is 0.964 bits per heavy atom. The molecule has 0 bridgehead atoms. The predicted molar refractivity (Wildman–Crippen MR) is 124 cm³/mol. The fourth-order valence-electron chi connectivity index (χ4n) is 1.73. The molecule has 0 atom stereocenters. The first-order chi connectivity index (χ1) is 13.3. The topological polar surface area (TPSA) is 93.0 Å². The van der Waals surface area contributed by atoms with Crippen molar-refractivity contribution in [3.05, 3.63) is 60.7 Å². The average molecular weight is 493 g/mol. The van der Waals surface area contributed by atoms with Crippen molar-refractivity contribution < 1.29 is 16.8 Å². The normalized spacial score (nSPS) is 13.5. The minimum absolute atomic E-state index is 0.0950. The number of benzene rings is 2. The number of thioether (sulfide) groups is 2. The van der Waals surface area contributed by atoms with Crippen molar-refractivity contribution in [2.24, 2.45) is 8.80 Å². The molecule has 0 spiro atoms. The summed E-state index contributed by atoms with van der Waals surface area (Å²) < 4.78 is 57.7. The fourth-order valence-corrected chi connectivity index (χ4v) is 8.85. The van der Waals surface area contributed by atoms with E-state index in [2.05, 4.69) is 8.80 Å². The summed E-state index contributed by atoms with van der Waals surface area (Å²) in [6.45, 7) is 0. The van der Waals surface area contributed by atoms with Crippen molar-refractivity contribution in [3.63, 3.8) is 0 Å². The van der Waals surface area contributed by atoms with Crippen molar-refractivity contribution in [3.8, 4) is 0 Å². The second-order valence-corrected chi connectivity index (χ2v) is 12.3. The van der Waals surface area contributed by atoms with E-state index < -0.39 is 20.0 Å². The summed E-state index contributed by atoms with van der Waals surface area (Å²) in [5.74, 6) is 0. The minimum Gasteiger partial charge on any atom is -0.199 e. The highest BCUT2D eigenvalue weighted by Gasteiger charge is 2.17. The summed E-state index contributed by atoms with van der Waals surface area (Å²) in [6.07, 6.45) is 3.40. The second-order valence-electron chi connectivity index (χ2n) is 4.87. The Morgan fingerprint density at radius 1 is 0.643 bits per heavy atom. The fraction of sp³-hybridized carbons (Fsp3) is 0.125. The Labute approximate surface area is 181 Å². The molecular formula is C16H16N2O4S6. The Kier molecular flexibility index (Phi) is 8.96. The van der Waals surface area contributed by atoms with Gasteiger partial charge in [-0.05, 0) is 58.4 Å². The maximum absolute atomic E-state index is 12.4. The molecule has 0 aliphatic carbocycles. The summed E-state index contributed by atoms with van der Waals surface area (Å²) in [5, 5.41) is 0. The van der Waals surface area contributed by atoms with Crippen LogP contribution in [0.1, 0.15) is 0 Å². The molecule has 0 heterocycles. The van der Waals surface area contributed by atoms with Crippen LogP contribution in [0.15, 0.2) is 79.3 Å². The highest BCUT2D eigenvalue weighted by molar-refractivity contribution is 8.93. The molecule has 12 heteroatoms. The van der Waals surface area contributed by atoms with Crippen LogP contribution < -0.4 is 0 Å². The molecule has 0 amide bonds. The third-order valence-corrected chi connectivity index (χ3v) is 10.8. The SMILES string of the molecule is CS/C(=N\S(=O)(=O)c1ccccc1)SS/C(=N/S(=O)(=O)c1ccccc1)SC. The summed E-state index contributed by atoms with van der Waals surface area (Å²) in [6, 6.07) is 15.8. The van der Waals surface area contributed by atoms with Crippen LogP contribution in [0, 0.1) is 0 Å². The van der Waals surface area contributed by atoms with Crippen LogP contribution in [-0.2, 0) is 20.0 Å². The van der Waals surface area contributed by atoms with Gasteiger partial charge in [0.15, 0.2) is 8.75 Å². The van der Waals surface area contributed by atoms with Crippen molar-refractivity contribution in [2.45, 2.75) is 9.79 Å². The molecule has 2 aromatic rings. The van der Waals surface area contributed by atoms with Crippen LogP contribution in [0.3, 0.4) is 0 Å². The van der Waals surface area contributed by atoms with Gasteiger partial charge in [0.1, 0.15) is 0 Å². The lowest BCUT2D eigenvalue weighted by Gasteiger charge is -2.05. The molecule has 0 fully saturated rings. The Hall–Kier alpha value is -0.920. The van der Waals surface area contributed by atoms with Gasteiger partial charge < -0.3 is 0 Å². The first-order valence-corrected chi connectivity index (χ1v) is 15.0. The van der Waals surface area contributed by atoms with Crippen molar-refractivity contribution in [2.75, 3.05) is 12.5 Å². The molecule has 0 radical (unpaired) electrons. The van der Waals surface area contributed by atoms with Gasteiger partial charge >= 0.3 is 0 Å². The highest BCUT2D eigenvalue weighted by atomic mass is 33.1. The Bertz CT molecular complexity index is 965. The number of nitrogens with zero attached hydrogens (tertiary/aromatic N) is 2. The van der Waals surface area contributed by atoms with E-state index in [4.69, 9.17) is 0 Å². The maximum Gasteiger partial charge on any atom is 0.283 e. The van der Waals surface area contributed by atoms with E-state index in [1.54, 1.807) is 48.9 Å². The van der Waals surface area contributed by atoms with Gasteiger partial charge in [-0.1, -0.05) is 36.4 Å². The molecule has 2 aromatic carbocycles. The molecule has 0 N–H and O–H groups in total. The third-order valence-electron chi connectivity index (χ3n) is 3.01. The lowest BCUT2D eigenvalue weighted by molar-refractivity contribution is 0.596. The number of hydrogen-bond donors (Lipinski definition) is 0. The van der Waals surface area contributed by atoms with E-state index in [0.29, 0.717) is 0 Å². The Balaban J connectivity index is 2.19. The van der Waals surface area contributed by atoms with Gasteiger partial charge in [-0.2, -0.15) is 16.8 Å². The summed E-state index contributed by atoms with van der Waals surface area (Å²) in [4.78, 5) is 0.190. The first-order valence-electron chi connectivity index (χ1n) is 7.51. The van der Waals surface area contributed by atoms with Gasteiger partial charge in [-0.3, -0.25) is 0 Å². The number of hydrogen-bond acceptors (Lipinski definition) is 8. The standard InChI is InChI=1S/C16H16N2O4S6/c1-23-15(17-27(19,20)13-9-5-3-6-10-13)25-26-16(24-2)18-28(21,22)14-11-7-4-8-12-14/h3-12H,1-2H3/b17-15+,18-16+. The van der Waals surface area contributed by atoms with Crippen LogP contribution in [0.25, 0.3) is 0 Å². The zero-order valence-electron chi connectivity index (χ0n) is 14.8. The molecule has 0 aromatic heterocycles. The van der Waals surface area contributed by atoms with E-state index in [0.717, 1.165) is 45.1 Å². The van der Waals surface area contributed by atoms with E-state index in [9.17, 15) is 16.8 Å². The second kappa shape index (κ2) is 10.7. The average Bonchev–Trinajstić information content (AvgIpc) is 2.71. The molecular weight excluding hydrogens is 477 g/mol. The summed E-state index contributed by atoms with van der Waals surface area (Å²) in [7, 11) is -5.58. The molecule has 0 unspecified atom stereocenters. The molecule has 0 saturated heterocycles. The van der Waals surface area contributed by atoms with Gasteiger partial charge in [-0.15, -0.1) is 32.3 Å². The molecule has 28 heavy (non-hydrogen) atoms. The molecule has 2 rings (SSSR count). The van der Waals surface area contributed by atoms with Gasteiger partial charge in [0.25, 0.3) is 20.0 Å². The molecule has 6 nitrogen and oxygen atoms in total. The van der Waals surface area contributed by atoms with Crippen LogP contribution in [0.5, 0.6) is 0 Å². The molecule has 0 saturated carbocycles. The highest BCUT2D eigenvalue weighted by Crippen LogP contribution is 2.34. The van der Waals surface area contributed by atoms with E-state index in [1.165, 1.54) is 24.3 Å². The van der Waals surface area contributed by atoms with Gasteiger partial charge in [0, 0.05) is 0 Å². The lowest BCUT2D eigenvalue weighted by Crippen LogP contribution is -2.01. The molecule has 0 aliphatic rings. The largest absolute Gasteiger partial charge is 0.283 e. The van der Waals surface area contributed by atoms with E-state index in [-0.39, 0.29) is 18.5 Å². The first kappa shape index (κ1) is 23.4. The van der Waals surface area contributed by atoms with Crippen LogP contribution in [-0.4, -0.2) is 38.1 Å². The van der Waals surface area contributed by atoms with Crippen molar-refractivity contribution in [1.82, 2.24) is 0 Å². The van der Waals surface area contributed by atoms with Gasteiger partial charge in [-0.25, -0.2) is 0 Å². The smallest absolute Gasteiger partial charge is 0.199 e. The zero-order chi connectivity index (χ0) is 20.6. The van der Waals surface area contributed by atoms with E-state index >= 15 is 0 Å². The van der Waals surface area contributed by atoms with Crippen LogP contribution in [0.2, 0.25) is 0 Å². The zero-order valence-corrected chi connectivity index (χ0v) is 19.6. The third kappa shape index (κ3) is 6.85. The Morgan fingerprint density at radius 3 is 1.25 bits per heavy atom. The number of sulfonamides is 2. The van der Waals surface area contributed by atoms with Crippen LogP contribution in [0.4, 0.5) is 0 Å². The summed E-state index contributed by atoms with van der Waals surface area (Å²) in [5.41, 5.74) is 0. The van der Waals surface area contributed by atoms with Crippen molar-refractivity contribution in [1.29, 1.82) is 0 Å².